The van der Waals surface area contributed by atoms with Crippen LogP contribution in [-0.2, 0) is 11.4 Å². The van der Waals surface area contributed by atoms with Crippen molar-refractivity contribution < 1.29 is 14.3 Å². The topological polar surface area (TPSA) is 71.5 Å². The van der Waals surface area contributed by atoms with Crippen LogP contribution >= 0.6 is 11.3 Å². The SMILES string of the molecule is CCN(CC(=O)NC(C)C)C(=O)c1cccc(OCc2cscn2)c1. The number of hydrogen-bond acceptors (Lipinski definition) is 5. The van der Waals surface area contributed by atoms with E-state index in [4.69, 9.17) is 4.74 Å². The summed E-state index contributed by atoms with van der Waals surface area (Å²) in [6, 6.07) is 7.03. The fourth-order valence-electron chi connectivity index (χ4n) is 2.24. The first-order chi connectivity index (χ1) is 12.0. The van der Waals surface area contributed by atoms with Gasteiger partial charge in [0, 0.05) is 23.5 Å². The predicted octanol–water partition coefficient (Wildman–Crippen LogP) is 2.71. The largest absolute Gasteiger partial charge is 0.487 e. The fourth-order valence-corrected chi connectivity index (χ4v) is 2.78. The van der Waals surface area contributed by atoms with Crippen molar-refractivity contribution in [3.8, 4) is 5.75 Å². The van der Waals surface area contributed by atoms with Gasteiger partial charge in [0.05, 0.1) is 17.7 Å². The summed E-state index contributed by atoms with van der Waals surface area (Å²) in [7, 11) is 0. The van der Waals surface area contributed by atoms with Crippen LogP contribution in [0.5, 0.6) is 5.75 Å². The maximum Gasteiger partial charge on any atom is 0.254 e. The summed E-state index contributed by atoms with van der Waals surface area (Å²) in [5, 5.41) is 4.72. The summed E-state index contributed by atoms with van der Waals surface area (Å²) < 4.78 is 5.68. The Balaban J connectivity index is 2.01. The first kappa shape index (κ1) is 18.9. The van der Waals surface area contributed by atoms with Crippen molar-refractivity contribution in [3.63, 3.8) is 0 Å². The number of nitrogens with one attached hydrogen (secondary N) is 1. The van der Waals surface area contributed by atoms with Crippen LogP contribution < -0.4 is 10.1 Å². The zero-order valence-corrected chi connectivity index (χ0v) is 15.5. The van der Waals surface area contributed by atoms with Gasteiger partial charge < -0.3 is 15.0 Å². The molecule has 1 aromatic carbocycles. The van der Waals surface area contributed by atoms with Crippen molar-refractivity contribution in [3.05, 3.63) is 46.4 Å². The highest BCUT2D eigenvalue weighted by Crippen LogP contribution is 2.17. The van der Waals surface area contributed by atoms with Crippen molar-refractivity contribution in [2.24, 2.45) is 0 Å². The lowest BCUT2D eigenvalue weighted by atomic mass is 10.2. The quantitative estimate of drug-likeness (QED) is 0.785. The molecule has 0 aliphatic heterocycles. The number of likely N-dealkylation sites (N-methyl/N-ethyl adjacent to an activating group) is 1. The van der Waals surface area contributed by atoms with Gasteiger partial charge >= 0.3 is 0 Å². The number of nitrogens with zero attached hydrogens (tertiary/aromatic N) is 2. The van der Waals surface area contributed by atoms with Crippen molar-refractivity contribution in [2.75, 3.05) is 13.1 Å². The Kier molecular flexibility index (Phi) is 6.94. The Bertz CT molecular complexity index is 701. The second kappa shape index (κ2) is 9.17. The lowest BCUT2D eigenvalue weighted by molar-refractivity contribution is -0.122. The number of hydrogen-bond donors (Lipinski definition) is 1. The van der Waals surface area contributed by atoms with E-state index in [0.717, 1.165) is 5.69 Å². The molecule has 2 aromatic rings. The molecule has 0 saturated heterocycles. The molecule has 0 fully saturated rings. The number of ether oxygens (including phenoxy) is 1. The Hall–Kier alpha value is -2.41. The molecule has 0 radical (unpaired) electrons. The monoisotopic (exact) mass is 361 g/mol. The average molecular weight is 361 g/mol. The average Bonchev–Trinajstić information content (AvgIpc) is 3.10. The highest BCUT2D eigenvalue weighted by molar-refractivity contribution is 7.07. The fraction of sp³-hybridized carbons (Fsp3) is 0.389. The number of amides is 2. The third kappa shape index (κ3) is 5.86. The zero-order chi connectivity index (χ0) is 18.2. The number of thiazole rings is 1. The van der Waals surface area contributed by atoms with Gasteiger partial charge in [-0.3, -0.25) is 9.59 Å². The van der Waals surface area contributed by atoms with Gasteiger partial charge in [-0.05, 0) is 39.0 Å². The van der Waals surface area contributed by atoms with Gasteiger partial charge in [-0.1, -0.05) is 6.07 Å². The van der Waals surface area contributed by atoms with Gasteiger partial charge in [-0.15, -0.1) is 11.3 Å². The molecule has 7 heteroatoms. The van der Waals surface area contributed by atoms with E-state index >= 15 is 0 Å². The van der Waals surface area contributed by atoms with E-state index in [9.17, 15) is 9.59 Å². The minimum absolute atomic E-state index is 0.0391. The molecule has 0 aliphatic carbocycles. The minimum atomic E-state index is -0.194. The Morgan fingerprint density at radius 1 is 1.36 bits per heavy atom. The van der Waals surface area contributed by atoms with Crippen molar-refractivity contribution in [1.82, 2.24) is 15.2 Å². The summed E-state index contributed by atoms with van der Waals surface area (Å²) in [5.74, 6) is 0.239. The Morgan fingerprint density at radius 2 is 2.16 bits per heavy atom. The number of benzene rings is 1. The standard InChI is InChI=1S/C18H23N3O3S/c1-4-21(9-17(22)20-13(2)3)18(23)14-6-5-7-16(8-14)24-10-15-11-25-12-19-15/h5-8,11-13H,4,9-10H2,1-3H3,(H,20,22). The van der Waals surface area contributed by atoms with Crippen molar-refractivity contribution in [2.45, 2.75) is 33.4 Å². The molecule has 1 N–H and O–H groups in total. The highest BCUT2D eigenvalue weighted by Gasteiger charge is 2.18. The second-order valence-corrected chi connectivity index (χ2v) is 6.56. The molecule has 0 bridgehead atoms. The molecule has 6 nitrogen and oxygen atoms in total. The van der Waals surface area contributed by atoms with Crippen LogP contribution in [0.15, 0.2) is 35.2 Å². The molecule has 2 amide bonds. The van der Waals surface area contributed by atoms with Crippen LogP contribution in [-0.4, -0.2) is 40.8 Å². The number of carbonyl (C=O) groups excluding carboxylic acids is 2. The lowest BCUT2D eigenvalue weighted by Gasteiger charge is -2.21. The molecule has 2 rings (SSSR count). The van der Waals surface area contributed by atoms with Gasteiger partial charge in [-0.25, -0.2) is 4.98 Å². The zero-order valence-electron chi connectivity index (χ0n) is 14.7. The third-order valence-corrected chi connectivity index (χ3v) is 4.04. The van der Waals surface area contributed by atoms with Crippen LogP contribution in [0, 0.1) is 0 Å². The molecule has 1 aromatic heterocycles. The minimum Gasteiger partial charge on any atom is -0.487 e. The van der Waals surface area contributed by atoms with Gasteiger partial charge in [0.1, 0.15) is 12.4 Å². The molecule has 25 heavy (non-hydrogen) atoms. The summed E-state index contributed by atoms with van der Waals surface area (Å²) in [4.78, 5) is 30.3. The number of aromatic nitrogens is 1. The normalized spacial score (nSPS) is 10.6. The maximum absolute atomic E-state index is 12.7. The van der Waals surface area contributed by atoms with E-state index in [1.54, 1.807) is 29.8 Å². The highest BCUT2D eigenvalue weighted by atomic mass is 32.1. The third-order valence-electron chi connectivity index (χ3n) is 3.40. The summed E-state index contributed by atoms with van der Waals surface area (Å²) in [6.45, 7) is 6.47. The summed E-state index contributed by atoms with van der Waals surface area (Å²) in [6.07, 6.45) is 0. The molecular weight excluding hydrogens is 338 g/mol. The molecule has 134 valence electrons. The van der Waals surface area contributed by atoms with E-state index in [2.05, 4.69) is 10.3 Å². The molecule has 0 unspecified atom stereocenters. The van der Waals surface area contributed by atoms with Gasteiger partial charge in [0.25, 0.3) is 5.91 Å². The summed E-state index contributed by atoms with van der Waals surface area (Å²) >= 11 is 1.51. The van der Waals surface area contributed by atoms with E-state index in [-0.39, 0.29) is 24.4 Å². The van der Waals surface area contributed by atoms with Gasteiger partial charge in [-0.2, -0.15) is 0 Å². The Morgan fingerprint density at radius 3 is 2.80 bits per heavy atom. The predicted molar refractivity (Wildman–Crippen MR) is 97.7 cm³/mol. The van der Waals surface area contributed by atoms with Crippen LogP contribution in [0.25, 0.3) is 0 Å². The smallest absolute Gasteiger partial charge is 0.254 e. The van der Waals surface area contributed by atoms with E-state index < -0.39 is 0 Å². The first-order valence-electron chi connectivity index (χ1n) is 8.18. The number of carbonyl (C=O) groups is 2. The summed E-state index contributed by atoms with van der Waals surface area (Å²) in [5.41, 5.74) is 3.09. The van der Waals surface area contributed by atoms with Gasteiger partial charge in [0.15, 0.2) is 0 Å². The molecule has 0 spiro atoms. The lowest BCUT2D eigenvalue weighted by Crippen LogP contribution is -2.42. The Labute approximate surface area is 151 Å². The molecule has 1 heterocycles. The molecule has 0 atom stereocenters. The van der Waals surface area contributed by atoms with Crippen molar-refractivity contribution >= 4 is 23.2 Å². The molecule has 0 saturated carbocycles. The van der Waals surface area contributed by atoms with Gasteiger partial charge in [0.2, 0.25) is 5.91 Å². The first-order valence-corrected chi connectivity index (χ1v) is 9.12. The maximum atomic E-state index is 12.7. The number of rotatable bonds is 8. The van der Waals surface area contributed by atoms with E-state index in [1.165, 1.54) is 16.2 Å². The second-order valence-electron chi connectivity index (χ2n) is 5.84. The van der Waals surface area contributed by atoms with Crippen LogP contribution in [0.3, 0.4) is 0 Å². The van der Waals surface area contributed by atoms with E-state index in [0.29, 0.717) is 24.5 Å². The van der Waals surface area contributed by atoms with Crippen LogP contribution in [0.4, 0.5) is 0 Å². The van der Waals surface area contributed by atoms with Crippen LogP contribution in [0.2, 0.25) is 0 Å². The molecular formula is C18H23N3O3S. The van der Waals surface area contributed by atoms with E-state index in [1.807, 2.05) is 26.2 Å². The van der Waals surface area contributed by atoms with Crippen molar-refractivity contribution in [1.29, 1.82) is 0 Å². The molecule has 0 aliphatic rings. The van der Waals surface area contributed by atoms with Crippen LogP contribution in [0.1, 0.15) is 36.8 Å².